The second-order valence-corrected chi connectivity index (χ2v) is 10.1. The number of amides is 1. The molecule has 0 aliphatic carbocycles. The van der Waals surface area contributed by atoms with E-state index in [0.717, 1.165) is 63.8 Å². The van der Waals surface area contributed by atoms with Crippen molar-refractivity contribution in [3.8, 4) is 0 Å². The lowest BCUT2D eigenvalue weighted by molar-refractivity contribution is 0.0913. The van der Waals surface area contributed by atoms with Crippen molar-refractivity contribution in [2.24, 2.45) is 0 Å². The van der Waals surface area contributed by atoms with Crippen LogP contribution in [0.4, 0.5) is 0 Å². The highest BCUT2D eigenvalue weighted by atomic mass is 35.5. The van der Waals surface area contributed by atoms with Gasteiger partial charge in [-0.15, -0.1) is 11.3 Å². The fraction of sp³-hybridized carbons (Fsp3) is 0.308. The van der Waals surface area contributed by atoms with E-state index < -0.39 is 0 Å². The quantitative estimate of drug-likeness (QED) is 0.398. The molecule has 3 heterocycles. The van der Waals surface area contributed by atoms with Gasteiger partial charge in [-0.1, -0.05) is 60.1 Å². The van der Waals surface area contributed by atoms with Gasteiger partial charge in [0, 0.05) is 36.1 Å². The molecular weight excluding hydrogens is 452 g/mol. The van der Waals surface area contributed by atoms with E-state index in [2.05, 4.69) is 45.6 Å². The summed E-state index contributed by atoms with van der Waals surface area (Å²) in [6.45, 7) is 5.54. The van der Waals surface area contributed by atoms with Crippen LogP contribution in [0.25, 0.3) is 10.2 Å². The van der Waals surface area contributed by atoms with Crippen molar-refractivity contribution in [3.63, 3.8) is 0 Å². The Bertz CT molecular complexity index is 1260. The number of nitrogens with one attached hydrogen (secondary N) is 1. The normalized spacial score (nSPS) is 15.2. The molecule has 33 heavy (non-hydrogen) atoms. The van der Waals surface area contributed by atoms with Crippen LogP contribution in [0.1, 0.15) is 39.3 Å². The molecule has 2 aromatic carbocycles. The zero-order chi connectivity index (χ0) is 22.8. The SMILES string of the molecule is Cc1nn(Cc2ccccc2Cl)c2sc(C(=O)NC3CCN(Cc4ccccc4)CC3)cc12. The number of fused-ring (bicyclic) bond motifs is 1. The molecule has 1 saturated heterocycles. The smallest absolute Gasteiger partial charge is 0.261 e. The topological polar surface area (TPSA) is 50.2 Å². The van der Waals surface area contributed by atoms with E-state index in [1.807, 2.05) is 41.9 Å². The number of carbonyl (C=O) groups excluding carboxylic acids is 1. The van der Waals surface area contributed by atoms with E-state index in [0.29, 0.717) is 6.54 Å². The van der Waals surface area contributed by atoms with Gasteiger partial charge in [0.2, 0.25) is 0 Å². The second kappa shape index (κ2) is 9.67. The van der Waals surface area contributed by atoms with Gasteiger partial charge in [0.05, 0.1) is 17.1 Å². The van der Waals surface area contributed by atoms with Crippen LogP contribution in [0.2, 0.25) is 5.02 Å². The van der Waals surface area contributed by atoms with Crippen molar-refractivity contribution in [1.29, 1.82) is 0 Å². The largest absolute Gasteiger partial charge is 0.349 e. The maximum Gasteiger partial charge on any atom is 0.261 e. The van der Waals surface area contributed by atoms with Crippen LogP contribution < -0.4 is 5.32 Å². The number of benzene rings is 2. The number of hydrogen-bond acceptors (Lipinski definition) is 4. The molecule has 0 atom stereocenters. The van der Waals surface area contributed by atoms with Gasteiger partial charge < -0.3 is 5.32 Å². The molecular formula is C26H27ClN4OS. The number of nitrogens with zero attached hydrogens (tertiary/aromatic N) is 3. The zero-order valence-corrected chi connectivity index (χ0v) is 20.2. The van der Waals surface area contributed by atoms with Gasteiger partial charge in [-0.25, -0.2) is 0 Å². The maximum atomic E-state index is 13.0. The Labute approximate surface area is 203 Å². The Morgan fingerprint density at radius 2 is 1.82 bits per heavy atom. The molecule has 1 N–H and O–H groups in total. The fourth-order valence-electron chi connectivity index (χ4n) is 4.45. The van der Waals surface area contributed by atoms with Crippen molar-refractivity contribution in [3.05, 3.63) is 87.4 Å². The van der Waals surface area contributed by atoms with E-state index in [9.17, 15) is 4.79 Å². The van der Waals surface area contributed by atoms with E-state index >= 15 is 0 Å². The molecule has 1 aliphatic rings. The molecule has 5 nitrogen and oxygen atoms in total. The number of hydrogen-bond donors (Lipinski definition) is 1. The highest BCUT2D eigenvalue weighted by Gasteiger charge is 2.23. The number of carbonyl (C=O) groups is 1. The van der Waals surface area contributed by atoms with Crippen molar-refractivity contribution >= 4 is 39.1 Å². The van der Waals surface area contributed by atoms with Gasteiger partial charge in [0.15, 0.2) is 0 Å². The first-order valence-corrected chi connectivity index (χ1v) is 12.5. The maximum absolute atomic E-state index is 13.0. The summed E-state index contributed by atoms with van der Waals surface area (Å²) in [5.74, 6) is 0.0152. The molecule has 4 aromatic rings. The summed E-state index contributed by atoms with van der Waals surface area (Å²) in [5, 5.41) is 9.70. The van der Waals surface area contributed by atoms with E-state index in [-0.39, 0.29) is 11.9 Å². The van der Waals surface area contributed by atoms with Crippen molar-refractivity contribution in [2.75, 3.05) is 13.1 Å². The molecule has 0 radical (unpaired) electrons. The lowest BCUT2D eigenvalue weighted by atomic mass is 10.0. The van der Waals surface area contributed by atoms with Crippen LogP contribution in [0, 0.1) is 6.92 Å². The lowest BCUT2D eigenvalue weighted by Crippen LogP contribution is -2.44. The third-order valence-corrected chi connectivity index (χ3v) is 7.80. The van der Waals surface area contributed by atoms with Crippen LogP contribution in [-0.4, -0.2) is 39.7 Å². The van der Waals surface area contributed by atoms with Crippen molar-refractivity contribution in [2.45, 2.75) is 38.9 Å². The average Bonchev–Trinajstić information content (AvgIpc) is 3.39. The van der Waals surface area contributed by atoms with Gasteiger partial charge in [-0.05, 0) is 43.0 Å². The van der Waals surface area contributed by atoms with E-state index in [4.69, 9.17) is 11.6 Å². The monoisotopic (exact) mass is 478 g/mol. The zero-order valence-electron chi connectivity index (χ0n) is 18.6. The van der Waals surface area contributed by atoms with E-state index in [1.54, 1.807) is 0 Å². The summed E-state index contributed by atoms with van der Waals surface area (Å²) < 4.78 is 1.95. The minimum Gasteiger partial charge on any atom is -0.349 e. The number of aryl methyl sites for hydroxylation is 1. The Kier molecular flexibility index (Phi) is 6.49. The minimum atomic E-state index is 0.0152. The molecule has 2 aromatic heterocycles. The summed E-state index contributed by atoms with van der Waals surface area (Å²) in [6.07, 6.45) is 1.95. The second-order valence-electron chi connectivity index (χ2n) is 8.67. The lowest BCUT2D eigenvalue weighted by Gasteiger charge is -2.32. The molecule has 1 amide bonds. The number of thiophene rings is 1. The first kappa shape index (κ1) is 22.1. The van der Waals surface area contributed by atoms with Crippen LogP contribution >= 0.6 is 22.9 Å². The van der Waals surface area contributed by atoms with E-state index in [1.165, 1.54) is 16.9 Å². The highest BCUT2D eigenvalue weighted by molar-refractivity contribution is 7.20. The molecule has 7 heteroatoms. The van der Waals surface area contributed by atoms with Gasteiger partial charge in [0.1, 0.15) is 4.83 Å². The molecule has 1 fully saturated rings. The van der Waals surface area contributed by atoms with Crippen LogP contribution in [0.15, 0.2) is 60.7 Å². The predicted molar refractivity (Wildman–Crippen MR) is 135 cm³/mol. The molecule has 5 rings (SSSR count). The summed E-state index contributed by atoms with van der Waals surface area (Å²) in [5.41, 5.74) is 3.29. The average molecular weight is 479 g/mol. The van der Waals surface area contributed by atoms with Crippen molar-refractivity contribution < 1.29 is 4.79 Å². The summed E-state index contributed by atoms with van der Waals surface area (Å²) in [6, 6.07) is 20.6. The third-order valence-electron chi connectivity index (χ3n) is 6.28. The van der Waals surface area contributed by atoms with Gasteiger partial charge in [0.25, 0.3) is 5.91 Å². The number of rotatable bonds is 6. The first-order valence-electron chi connectivity index (χ1n) is 11.3. The predicted octanol–water partition coefficient (Wildman–Crippen LogP) is 5.50. The standard InChI is InChI=1S/C26H27ClN4OS/c1-18-22-15-24(33-26(22)31(29-18)17-20-9-5-6-10-23(20)27)25(32)28-21-11-13-30(14-12-21)16-19-7-3-2-4-8-19/h2-10,15,21H,11-14,16-17H2,1H3,(H,28,32). The molecule has 0 saturated carbocycles. The van der Waals surface area contributed by atoms with Gasteiger partial charge in [-0.3, -0.25) is 14.4 Å². The van der Waals surface area contributed by atoms with Crippen LogP contribution in [-0.2, 0) is 13.1 Å². The highest BCUT2D eigenvalue weighted by Crippen LogP contribution is 2.30. The Morgan fingerprint density at radius 3 is 2.58 bits per heavy atom. The summed E-state index contributed by atoms with van der Waals surface area (Å²) in [4.78, 5) is 17.2. The third kappa shape index (κ3) is 4.98. The Hall–Kier alpha value is -2.67. The Morgan fingerprint density at radius 1 is 1.09 bits per heavy atom. The molecule has 1 aliphatic heterocycles. The number of halogens is 1. The van der Waals surface area contributed by atoms with Crippen molar-refractivity contribution in [1.82, 2.24) is 20.0 Å². The summed E-state index contributed by atoms with van der Waals surface area (Å²) >= 11 is 7.85. The number of likely N-dealkylation sites (tertiary alicyclic amines) is 1. The fourth-order valence-corrected chi connectivity index (χ4v) is 5.71. The molecule has 0 spiro atoms. The van der Waals surface area contributed by atoms with Crippen LogP contribution in [0.5, 0.6) is 0 Å². The van der Waals surface area contributed by atoms with Crippen LogP contribution in [0.3, 0.4) is 0 Å². The number of piperidine rings is 1. The molecule has 0 unspecified atom stereocenters. The van der Waals surface area contributed by atoms with Gasteiger partial charge in [-0.2, -0.15) is 5.10 Å². The Balaban J connectivity index is 1.23. The first-order chi connectivity index (χ1) is 16.1. The molecule has 170 valence electrons. The molecule has 0 bridgehead atoms. The number of aromatic nitrogens is 2. The minimum absolute atomic E-state index is 0.0152. The summed E-state index contributed by atoms with van der Waals surface area (Å²) in [7, 11) is 0. The van der Waals surface area contributed by atoms with Gasteiger partial charge >= 0.3 is 0 Å².